The van der Waals surface area contributed by atoms with Crippen LogP contribution in [0.5, 0.6) is 5.75 Å². The number of hydrogen-bond donors (Lipinski definition) is 0. The zero-order valence-corrected chi connectivity index (χ0v) is 8.95. The van der Waals surface area contributed by atoms with Crippen LogP contribution in [0, 0.1) is 0 Å². The normalized spacial score (nSPS) is 9.93. The van der Waals surface area contributed by atoms with E-state index in [1.54, 1.807) is 0 Å². The third-order valence-corrected chi connectivity index (χ3v) is 2.10. The summed E-state index contributed by atoms with van der Waals surface area (Å²) in [6.45, 7) is 2.63. The van der Waals surface area contributed by atoms with E-state index in [4.69, 9.17) is 10.5 Å². The monoisotopic (exact) mass is 206 g/mol. The van der Waals surface area contributed by atoms with Crippen LogP contribution in [0.3, 0.4) is 0 Å². The van der Waals surface area contributed by atoms with Gasteiger partial charge in [-0.3, -0.25) is 10.5 Å². The lowest BCUT2D eigenvalue weighted by Gasteiger charge is -2.04. The highest BCUT2D eigenvalue weighted by atomic mass is 16.5. The molecule has 0 spiro atoms. The highest BCUT2D eigenvalue weighted by Crippen LogP contribution is 2.13. The van der Waals surface area contributed by atoms with Crippen molar-refractivity contribution >= 4 is 5.91 Å². The third kappa shape index (κ3) is 4.49. The number of carbonyl (C=O) groups is 1. The first-order chi connectivity index (χ1) is 7.22. The molecule has 1 aromatic carbocycles. The molecule has 81 valence electrons. The van der Waals surface area contributed by atoms with Gasteiger partial charge in [-0.05, 0) is 37.5 Å². The lowest BCUT2D eigenvalue weighted by atomic mass is 10.1. The maximum Gasteiger partial charge on any atom is 0.238 e. The first-order valence-corrected chi connectivity index (χ1v) is 5.18. The van der Waals surface area contributed by atoms with Gasteiger partial charge in [-0.2, -0.15) is 0 Å². The van der Waals surface area contributed by atoms with Gasteiger partial charge in [0.1, 0.15) is 5.75 Å². The van der Waals surface area contributed by atoms with Crippen molar-refractivity contribution in [3.63, 3.8) is 0 Å². The zero-order chi connectivity index (χ0) is 11.1. The molecule has 3 heteroatoms. The Bertz CT molecular complexity index is 306. The van der Waals surface area contributed by atoms with Crippen LogP contribution >= 0.6 is 0 Å². The summed E-state index contributed by atoms with van der Waals surface area (Å²) in [7, 11) is 0. The van der Waals surface area contributed by atoms with Gasteiger partial charge in [0.15, 0.2) is 0 Å². The second kappa shape index (κ2) is 6.06. The van der Waals surface area contributed by atoms with Crippen molar-refractivity contribution in [3.05, 3.63) is 29.8 Å². The average Bonchev–Trinajstić information content (AvgIpc) is 2.20. The van der Waals surface area contributed by atoms with Crippen LogP contribution in [-0.2, 0) is 11.2 Å². The van der Waals surface area contributed by atoms with E-state index in [1.807, 2.05) is 31.2 Å². The van der Waals surface area contributed by atoms with Crippen LogP contribution in [0.15, 0.2) is 24.3 Å². The van der Waals surface area contributed by atoms with Crippen molar-refractivity contribution in [1.82, 2.24) is 5.73 Å². The summed E-state index contributed by atoms with van der Waals surface area (Å²) in [5.41, 5.74) is 7.95. The van der Waals surface area contributed by atoms with Crippen molar-refractivity contribution < 1.29 is 9.53 Å². The van der Waals surface area contributed by atoms with E-state index in [1.165, 1.54) is 5.56 Å². The number of hydrogen-bond acceptors (Lipinski definition) is 2. The summed E-state index contributed by atoms with van der Waals surface area (Å²) in [5.74, 6) is 0.388. The number of rotatable bonds is 6. The fourth-order valence-corrected chi connectivity index (χ4v) is 1.37. The van der Waals surface area contributed by atoms with E-state index in [-0.39, 0.29) is 0 Å². The van der Waals surface area contributed by atoms with Gasteiger partial charge in [0, 0.05) is 6.42 Å². The average molecular weight is 206 g/mol. The topological polar surface area (TPSA) is 50.1 Å². The zero-order valence-electron chi connectivity index (χ0n) is 8.95. The fourth-order valence-electron chi connectivity index (χ4n) is 1.37. The Labute approximate surface area is 90.2 Å². The van der Waals surface area contributed by atoms with E-state index in [0.29, 0.717) is 13.0 Å². The highest BCUT2D eigenvalue weighted by molar-refractivity contribution is 5.72. The molecule has 0 atom stereocenters. The van der Waals surface area contributed by atoms with E-state index in [0.717, 1.165) is 18.6 Å². The largest absolute Gasteiger partial charge is 0.494 e. The van der Waals surface area contributed by atoms with Crippen LogP contribution in [0.25, 0.3) is 0 Å². The van der Waals surface area contributed by atoms with Crippen LogP contribution in [-0.4, -0.2) is 12.5 Å². The SMILES string of the molecule is CCOc1ccc(CCCC([NH])=O)cc1. The minimum atomic E-state index is -0.485. The summed E-state index contributed by atoms with van der Waals surface area (Å²) in [4.78, 5) is 10.4. The molecule has 0 unspecified atom stereocenters. The predicted octanol–water partition coefficient (Wildman–Crippen LogP) is 2.22. The van der Waals surface area contributed by atoms with Gasteiger partial charge in [-0.1, -0.05) is 12.1 Å². The molecule has 0 heterocycles. The molecule has 0 saturated heterocycles. The van der Waals surface area contributed by atoms with Crippen molar-refractivity contribution in [1.29, 1.82) is 0 Å². The second-order valence-corrected chi connectivity index (χ2v) is 3.35. The van der Waals surface area contributed by atoms with Gasteiger partial charge in [-0.15, -0.1) is 0 Å². The van der Waals surface area contributed by atoms with Crippen molar-refractivity contribution in [3.8, 4) is 5.75 Å². The summed E-state index contributed by atoms with van der Waals surface area (Å²) in [5, 5.41) is 0. The van der Waals surface area contributed by atoms with Crippen molar-refractivity contribution in [2.45, 2.75) is 26.2 Å². The van der Waals surface area contributed by atoms with Crippen molar-refractivity contribution in [2.24, 2.45) is 0 Å². The van der Waals surface area contributed by atoms with Crippen molar-refractivity contribution in [2.75, 3.05) is 6.61 Å². The van der Waals surface area contributed by atoms with Crippen LogP contribution in [0.4, 0.5) is 0 Å². The first kappa shape index (κ1) is 11.6. The molecule has 1 rings (SSSR count). The molecule has 0 aliphatic heterocycles. The molecule has 1 aromatic rings. The minimum absolute atomic E-state index is 0.340. The fraction of sp³-hybridized carbons (Fsp3) is 0.417. The molecule has 1 radical (unpaired) electrons. The quantitative estimate of drug-likeness (QED) is 0.716. The molecule has 0 bridgehead atoms. The Kier molecular flexibility index (Phi) is 4.68. The van der Waals surface area contributed by atoms with Crippen LogP contribution < -0.4 is 10.5 Å². The minimum Gasteiger partial charge on any atom is -0.494 e. The van der Waals surface area contributed by atoms with Crippen LogP contribution in [0.2, 0.25) is 0 Å². The van der Waals surface area contributed by atoms with Gasteiger partial charge < -0.3 is 4.74 Å². The number of aryl methyl sites for hydroxylation is 1. The summed E-state index contributed by atoms with van der Waals surface area (Å²) >= 11 is 0. The van der Waals surface area contributed by atoms with E-state index in [2.05, 4.69) is 0 Å². The smallest absolute Gasteiger partial charge is 0.238 e. The Morgan fingerprint density at radius 2 is 2.00 bits per heavy atom. The van der Waals surface area contributed by atoms with Gasteiger partial charge in [0.2, 0.25) is 5.91 Å². The van der Waals surface area contributed by atoms with Gasteiger partial charge in [-0.25, -0.2) is 0 Å². The number of ether oxygens (including phenoxy) is 1. The Balaban J connectivity index is 2.39. The lowest BCUT2D eigenvalue weighted by molar-refractivity contribution is -0.118. The number of nitrogens with one attached hydrogen (secondary N) is 1. The molecule has 3 nitrogen and oxygen atoms in total. The van der Waals surface area contributed by atoms with E-state index >= 15 is 0 Å². The summed E-state index contributed by atoms with van der Waals surface area (Å²) in [6.07, 6.45) is 1.93. The highest BCUT2D eigenvalue weighted by Gasteiger charge is 1.98. The molecule has 1 N–H and O–H groups in total. The maximum atomic E-state index is 10.4. The number of carbonyl (C=O) groups excluding carboxylic acids is 1. The predicted molar refractivity (Wildman–Crippen MR) is 58.7 cm³/mol. The number of benzene rings is 1. The third-order valence-electron chi connectivity index (χ3n) is 2.10. The van der Waals surface area contributed by atoms with Gasteiger partial charge in [0.25, 0.3) is 0 Å². The van der Waals surface area contributed by atoms with Crippen LogP contribution in [0.1, 0.15) is 25.3 Å². The Hall–Kier alpha value is -1.51. The van der Waals surface area contributed by atoms with Gasteiger partial charge >= 0.3 is 0 Å². The van der Waals surface area contributed by atoms with Gasteiger partial charge in [0.05, 0.1) is 6.61 Å². The molecule has 0 aliphatic rings. The molecule has 1 amide bonds. The second-order valence-electron chi connectivity index (χ2n) is 3.35. The Morgan fingerprint density at radius 1 is 1.33 bits per heavy atom. The molecular formula is C12H16NO2. The first-order valence-electron chi connectivity index (χ1n) is 5.18. The molecule has 0 aliphatic carbocycles. The summed E-state index contributed by atoms with van der Waals surface area (Å²) in [6, 6.07) is 7.86. The molecular weight excluding hydrogens is 190 g/mol. The standard InChI is InChI=1S/C12H16NO2/c1-2-15-11-8-6-10(7-9-11)4-3-5-12(13)14/h6-9,13H,2-5H2,1H3. The van der Waals surface area contributed by atoms with E-state index in [9.17, 15) is 4.79 Å². The Morgan fingerprint density at radius 3 is 2.53 bits per heavy atom. The summed E-state index contributed by atoms with van der Waals surface area (Å²) < 4.78 is 5.32. The molecule has 0 fully saturated rings. The molecule has 15 heavy (non-hydrogen) atoms. The van der Waals surface area contributed by atoms with E-state index < -0.39 is 5.91 Å². The number of amides is 1. The lowest BCUT2D eigenvalue weighted by Crippen LogP contribution is -1.98. The molecule has 0 aromatic heterocycles. The molecule has 0 saturated carbocycles. The maximum absolute atomic E-state index is 10.4.